The number of rotatable bonds is 4. The van der Waals surface area contributed by atoms with Gasteiger partial charge in [-0.15, -0.1) is 11.3 Å². The fraction of sp³-hybridized carbons (Fsp3) is 0.200. The van der Waals surface area contributed by atoms with Crippen molar-refractivity contribution < 1.29 is 0 Å². The highest BCUT2D eigenvalue weighted by atomic mass is 35.5. The molecule has 0 unspecified atom stereocenters. The third-order valence-electron chi connectivity index (χ3n) is 5.67. The third-order valence-corrected chi connectivity index (χ3v) is 7.12. The minimum atomic E-state index is 0.746. The average Bonchev–Trinajstić information content (AvgIpc) is 3.31. The number of aryl methyl sites for hydroxylation is 1. The first-order valence-corrected chi connectivity index (χ1v) is 11.3. The van der Waals surface area contributed by atoms with E-state index in [1.165, 1.54) is 34.4 Å². The zero-order chi connectivity index (χ0) is 20.5. The first-order chi connectivity index (χ1) is 14.7. The molecule has 0 fully saturated rings. The molecule has 30 heavy (non-hydrogen) atoms. The molecule has 4 aromatic rings. The van der Waals surface area contributed by atoms with Crippen LogP contribution in [0.1, 0.15) is 40.0 Å². The minimum Gasteiger partial charge on any atom is -0.342 e. The number of thiophene rings is 1. The standard InChI is InChI=1S/C25H20ClN3S/c26-19-11-9-17(10-12-19)15-29-16-18(20-5-1-3-7-23(20)29)14-28-25-22(13-27)21-6-2-4-8-24(21)30-25/h1,3,5,7,9-12,14,16H,2,4,6,8,15H2. The number of benzene rings is 2. The van der Waals surface area contributed by atoms with Crippen LogP contribution in [0.2, 0.25) is 5.02 Å². The molecule has 0 N–H and O–H groups in total. The maximum Gasteiger partial charge on any atom is 0.134 e. The van der Waals surface area contributed by atoms with Gasteiger partial charge in [0, 0.05) is 45.3 Å². The molecule has 148 valence electrons. The zero-order valence-corrected chi connectivity index (χ0v) is 18.0. The molecule has 2 heterocycles. The Kier molecular flexibility index (Phi) is 5.16. The first kappa shape index (κ1) is 19.1. The van der Waals surface area contributed by atoms with Crippen LogP contribution in [-0.4, -0.2) is 10.8 Å². The molecule has 0 saturated carbocycles. The van der Waals surface area contributed by atoms with E-state index in [0.29, 0.717) is 0 Å². The van der Waals surface area contributed by atoms with E-state index < -0.39 is 0 Å². The number of halogens is 1. The van der Waals surface area contributed by atoms with Gasteiger partial charge in [0.2, 0.25) is 0 Å². The largest absolute Gasteiger partial charge is 0.342 e. The van der Waals surface area contributed by atoms with Gasteiger partial charge in [-0.2, -0.15) is 5.26 Å². The van der Waals surface area contributed by atoms with Gasteiger partial charge in [-0.25, -0.2) is 4.99 Å². The van der Waals surface area contributed by atoms with Crippen LogP contribution in [0.3, 0.4) is 0 Å². The van der Waals surface area contributed by atoms with Crippen LogP contribution < -0.4 is 0 Å². The third kappa shape index (κ3) is 3.56. The number of nitrogens with zero attached hydrogens (tertiary/aromatic N) is 3. The molecule has 0 bridgehead atoms. The van der Waals surface area contributed by atoms with E-state index in [1.807, 2.05) is 18.3 Å². The average molecular weight is 430 g/mol. The molecule has 3 nitrogen and oxygen atoms in total. The van der Waals surface area contributed by atoms with Crippen molar-refractivity contribution in [3.8, 4) is 6.07 Å². The van der Waals surface area contributed by atoms with E-state index in [9.17, 15) is 5.26 Å². The fourth-order valence-corrected chi connectivity index (χ4v) is 5.49. The number of hydrogen-bond donors (Lipinski definition) is 0. The molecule has 0 radical (unpaired) electrons. The lowest BCUT2D eigenvalue weighted by Gasteiger charge is -2.09. The Balaban J connectivity index is 1.52. The van der Waals surface area contributed by atoms with E-state index in [1.54, 1.807) is 11.3 Å². The fourth-order valence-electron chi connectivity index (χ4n) is 4.18. The van der Waals surface area contributed by atoms with E-state index in [0.717, 1.165) is 45.9 Å². The zero-order valence-electron chi connectivity index (χ0n) is 16.4. The predicted molar refractivity (Wildman–Crippen MR) is 125 cm³/mol. The molecule has 2 aromatic heterocycles. The highest BCUT2D eigenvalue weighted by Gasteiger charge is 2.20. The van der Waals surface area contributed by atoms with E-state index in [4.69, 9.17) is 16.6 Å². The van der Waals surface area contributed by atoms with Crippen LogP contribution in [0.15, 0.2) is 59.7 Å². The van der Waals surface area contributed by atoms with Crippen molar-refractivity contribution in [1.29, 1.82) is 5.26 Å². The molecular weight excluding hydrogens is 410 g/mol. The smallest absolute Gasteiger partial charge is 0.134 e. The highest BCUT2D eigenvalue weighted by molar-refractivity contribution is 7.16. The van der Waals surface area contributed by atoms with Crippen molar-refractivity contribution in [3.05, 3.63) is 86.9 Å². The summed E-state index contributed by atoms with van der Waals surface area (Å²) in [7, 11) is 0. The summed E-state index contributed by atoms with van der Waals surface area (Å²) in [5.41, 5.74) is 5.43. The van der Waals surface area contributed by atoms with Gasteiger partial charge >= 0.3 is 0 Å². The quantitative estimate of drug-likeness (QED) is 0.325. The Bertz CT molecular complexity index is 1290. The van der Waals surface area contributed by atoms with Gasteiger partial charge < -0.3 is 4.57 Å². The highest BCUT2D eigenvalue weighted by Crippen LogP contribution is 2.39. The van der Waals surface area contributed by atoms with Gasteiger partial charge in [-0.05, 0) is 55.0 Å². The summed E-state index contributed by atoms with van der Waals surface area (Å²) in [6.07, 6.45) is 8.51. The van der Waals surface area contributed by atoms with Gasteiger partial charge in [0.1, 0.15) is 11.1 Å². The lowest BCUT2D eigenvalue weighted by atomic mass is 9.96. The monoisotopic (exact) mass is 429 g/mol. The predicted octanol–water partition coefficient (Wildman–Crippen LogP) is 6.91. The summed E-state index contributed by atoms with van der Waals surface area (Å²) in [5.74, 6) is 0. The summed E-state index contributed by atoms with van der Waals surface area (Å²) in [4.78, 5) is 6.12. The van der Waals surface area contributed by atoms with Gasteiger partial charge in [0.15, 0.2) is 0 Å². The van der Waals surface area contributed by atoms with Crippen molar-refractivity contribution >= 4 is 45.1 Å². The molecule has 5 rings (SSSR count). The summed E-state index contributed by atoms with van der Waals surface area (Å²) in [6.45, 7) is 0.766. The lowest BCUT2D eigenvalue weighted by Crippen LogP contribution is -1.99. The molecule has 0 atom stereocenters. The molecule has 1 aliphatic rings. The van der Waals surface area contributed by atoms with E-state index in [-0.39, 0.29) is 0 Å². The Labute approximate surface area is 184 Å². The van der Waals surface area contributed by atoms with Gasteiger partial charge in [0.25, 0.3) is 0 Å². The molecular formula is C25H20ClN3S. The molecule has 0 amide bonds. The van der Waals surface area contributed by atoms with Crippen LogP contribution in [0.4, 0.5) is 5.00 Å². The summed E-state index contributed by atoms with van der Waals surface area (Å²) in [6, 6.07) is 18.7. The first-order valence-electron chi connectivity index (χ1n) is 10.1. The second kappa shape index (κ2) is 8.10. The van der Waals surface area contributed by atoms with Crippen LogP contribution in [0, 0.1) is 11.3 Å². The minimum absolute atomic E-state index is 0.746. The Morgan fingerprint density at radius 3 is 2.73 bits per heavy atom. The van der Waals surface area contributed by atoms with Gasteiger partial charge in [-0.3, -0.25) is 0 Å². The number of fused-ring (bicyclic) bond motifs is 2. The summed E-state index contributed by atoms with van der Waals surface area (Å²) in [5, 5.41) is 12.4. The Morgan fingerprint density at radius 2 is 1.90 bits per heavy atom. The van der Waals surface area contributed by atoms with Crippen LogP contribution in [0.25, 0.3) is 10.9 Å². The maximum atomic E-state index is 9.69. The van der Waals surface area contributed by atoms with Crippen molar-refractivity contribution in [3.63, 3.8) is 0 Å². The number of aromatic nitrogens is 1. The second-order valence-corrected chi connectivity index (χ2v) is 9.14. The van der Waals surface area contributed by atoms with Crippen molar-refractivity contribution in [2.45, 2.75) is 32.2 Å². The maximum absolute atomic E-state index is 9.69. The van der Waals surface area contributed by atoms with Crippen LogP contribution >= 0.6 is 22.9 Å². The number of nitriles is 1. The molecule has 5 heteroatoms. The molecule has 0 spiro atoms. The molecule has 2 aromatic carbocycles. The lowest BCUT2D eigenvalue weighted by molar-refractivity contribution is 0.696. The number of para-hydroxylation sites is 1. The summed E-state index contributed by atoms with van der Waals surface area (Å²) >= 11 is 7.71. The van der Waals surface area contributed by atoms with Crippen molar-refractivity contribution in [2.75, 3.05) is 0 Å². The Hall–Kier alpha value is -2.87. The normalized spacial score (nSPS) is 13.6. The summed E-state index contributed by atoms with van der Waals surface area (Å²) < 4.78 is 2.24. The topological polar surface area (TPSA) is 41.1 Å². The van der Waals surface area contributed by atoms with Gasteiger partial charge in [-0.1, -0.05) is 41.9 Å². The van der Waals surface area contributed by atoms with E-state index >= 15 is 0 Å². The van der Waals surface area contributed by atoms with Crippen LogP contribution in [0.5, 0.6) is 0 Å². The van der Waals surface area contributed by atoms with E-state index in [2.05, 4.69) is 53.2 Å². The molecule has 0 saturated heterocycles. The molecule has 0 aliphatic heterocycles. The second-order valence-electron chi connectivity index (χ2n) is 7.62. The van der Waals surface area contributed by atoms with Crippen molar-refractivity contribution in [2.24, 2.45) is 4.99 Å². The number of aliphatic imine (C=N–C) groups is 1. The molecule has 1 aliphatic carbocycles. The number of hydrogen-bond acceptors (Lipinski definition) is 3. The Morgan fingerprint density at radius 1 is 1.10 bits per heavy atom. The SMILES string of the molecule is N#Cc1c(N=Cc2cn(Cc3ccc(Cl)cc3)c3ccccc23)sc2c1CCCC2. The van der Waals surface area contributed by atoms with Crippen LogP contribution in [-0.2, 0) is 19.4 Å². The van der Waals surface area contributed by atoms with Crippen molar-refractivity contribution in [1.82, 2.24) is 4.57 Å². The van der Waals surface area contributed by atoms with Gasteiger partial charge in [0.05, 0.1) is 5.56 Å².